The molecule has 1 saturated carbocycles. The highest BCUT2D eigenvalue weighted by Gasteiger charge is 2.32. The Hall–Kier alpha value is -1.48. The summed E-state index contributed by atoms with van der Waals surface area (Å²) in [6, 6.07) is 5.28. The number of hydrogen-bond acceptors (Lipinski definition) is 5. The maximum Gasteiger partial charge on any atom is 0.209 e. The van der Waals surface area contributed by atoms with Crippen LogP contribution in [0.4, 0.5) is 0 Å². The van der Waals surface area contributed by atoms with E-state index in [1.54, 1.807) is 0 Å². The fraction of sp³-hybridized carbons (Fsp3) is 0.750. The van der Waals surface area contributed by atoms with Crippen LogP contribution < -0.4 is 4.72 Å². The molecule has 3 fully saturated rings. The Kier molecular flexibility index (Phi) is 8.06. The number of pyridine rings is 1. The molecule has 3 aliphatic rings. The second-order valence-corrected chi connectivity index (χ2v) is 13.7. The van der Waals surface area contributed by atoms with E-state index in [9.17, 15) is 8.42 Å². The Morgan fingerprint density at radius 3 is 2.33 bits per heavy atom. The Bertz CT molecular complexity index is 1120. The first-order valence-corrected chi connectivity index (χ1v) is 16.1. The molecule has 0 atom stereocenters. The van der Waals surface area contributed by atoms with Crippen LogP contribution in [0.1, 0.15) is 82.5 Å². The summed E-state index contributed by atoms with van der Waals surface area (Å²) in [6.45, 7) is 10.4. The Labute approximate surface area is 217 Å². The SMILES string of the molecule is CC(C)[C@H]1CC[C@@H](N2CCC(n3c(CNS(C)(=O)=O)c(CN4CCCC4)c4cccnc43)CC2)CC1. The molecule has 7 nitrogen and oxygen atoms in total. The molecule has 2 aliphatic heterocycles. The number of sulfonamides is 1. The molecule has 2 aromatic rings. The zero-order valence-corrected chi connectivity index (χ0v) is 23.3. The molecule has 0 spiro atoms. The van der Waals surface area contributed by atoms with Crippen LogP contribution in [0.5, 0.6) is 0 Å². The van der Waals surface area contributed by atoms with E-state index >= 15 is 0 Å². The minimum atomic E-state index is -3.29. The molecule has 1 N–H and O–H groups in total. The molecule has 8 heteroatoms. The molecule has 5 rings (SSSR count). The molecule has 4 heterocycles. The van der Waals surface area contributed by atoms with Gasteiger partial charge in [-0.25, -0.2) is 18.1 Å². The highest BCUT2D eigenvalue weighted by Crippen LogP contribution is 2.37. The largest absolute Gasteiger partial charge is 0.325 e. The van der Waals surface area contributed by atoms with E-state index in [-0.39, 0.29) is 0 Å². The third-order valence-corrected chi connectivity index (χ3v) is 9.79. The van der Waals surface area contributed by atoms with E-state index < -0.39 is 10.0 Å². The fourth-order valence-corrected chi connectivity index (χ4v) is 7.42. The first-order valence-electron chi connectivity index (χ1n) is 14.2. The lowest BCUT2D eigenvalue weighted by Gasteiger charge is -2.42. The van der Waals surface area contributed by atoms with Gasteiger partial charge in [-0.05, 0) is 94.0 Å². The monoisotopic (exact) mass is 515 g/mol. The molecule has 0 radical (unpaired) electrons. The second-order valence-electron chi connectivity index (χ2n) is 11.8. The van der Waals surface area contributed by atoms with Crippen molar-refractivity contribution in [3.05, 3.63) is 29.6 Å². The van der Waals surface area contributed by atoms with Gasteiger partial charge >= 0.3 is 0 Å². The summed E-state index contributed by atoms with van der Waals surface area (Å²) in [6.07, 6.45) is 13.2. The Morgan fingerprint density at radius 2 is 1.69 bits per heavy atom. The molecule has 36 heavy (non-hydrogen) atoms. The van der Waals surface area contributed by atoms with Gasteiger partial charge in [-0.2, -0.15) is 0 Å². The summed E-state index contributed by atoms with van der Waals surface area (Å²) in [7, 11) is -3.29. The number of hydrogen-bond donors (Lipinski definition) is 1. The Balaban J connectivity index is 1.38. The average molecular weight is 516 g/mol. The molecule has 0 amide bonds. The van der Waals surface area contributed by atoms with E-state index in [0.717, 1.165) is 74.8 Å². The minimum Gasteiger partial charge on any atom is -0.325 e. The predicted octanol–water partition coefficient (Wildman–Crippen LogP) is 4.53. The van der Waals surface area contributed by atoms with Crippen molar-refractivity contribution in [3.63, 3.8) is 0 Å². The number of likely N-dealkylation sites (tertiary alicyclic amines) is 2. The predicted molar refractivity (Wildman–Crippen MR) is 146 cm³/mol. The van der Waals surface area contributed by atoms with E-state index in [4.69, 9.17) is 4.98 Å². The van der Waals surface area contributed by atoms with E-state index in [1.807, 2.05) is 12.3 Å². The summed E-state index contributed by atoms with van der Waals surface area (Å²) in [4.78, 5) is 10.1. The fourth-order valence-electron chi connectivity index (χ4n) is 7.02. The average Bonchev–Trinajstić information content (AvgIpc) is 3.49. The summed E-state index contributed by atoms with van der Waals surface area (Å²) in [5, 5.41) is 1.18. The molecule has 0 aromatic carbocycles. The molecule has 2 saturated heterocycles. The van der Waals surface area contributed by atoms with E-state index in [2.05, 4.69) is 39.0 Å². The summed E-state index contributed by atoms with van der Waals surface area (Å²) in [5.41, 5.74) is 3.38. The van der Waals surface area contributed by atoms with Gasteiger partial charge < -0.3 is 9.47 Å². The van der Waals surface area contributed by atoms with E-state index in [0.29, 0.717) is 12.6 Å². The van der Waals surface area contributed by atoms with Crippen LogP contribution in [-0.4, -0.2) is 66.2 Å². The normalized spacial score (nSPS) is 25.3. The summed E-state index contributed by atoms with van der Waals surface area (Å²) >= 11 is 0. The van der Waals surface area contributed by atoms with Crippen molar-refractivity contribution in [1.29, 1.82) is 0 Å². The van der Waals surface area contributed by atoms with Gasteiger partial charge in [0.1, 0.15) is 5.65 Å². The Morgan fingerprint density at radius 1 is 1.00 bits per heavy atom. The second kappa shape index (κ2) is 11.1. The van der Waals surface area contributed by atoms with Crippen LogP contribution in [0.3, 0.4) is 0 Å². The zero-order chi connectivity index (χ0) is 25.3. The quantitative estimate of drug-likeness (QED) is 0.559. The van der Waals surface area contributed by atoms with Crippen LogP contribution in [0.25, 0.3) is 11.0 Å². The third kappa shape index (κ3) is 5.82. The molecule has 0 bridgehead atoms. The van der Waals surface area contributed by atoms with Crippen molar-refractivity contribution >= 4 is 21.1 Å². The number of fused-ring (bicyclic) bond motifs is 1. The number of aromatic nitrogens is 2. The lowest BCUT2D eigenvalue weighted by Crippen LogP contribution is -2.44. The van der Waals surface area contributed by atoms with Crippen molar-refractivity contribution < 1.29 is 8.42 Å². The van der Waals surface area contributed by atoms with Crippen LogP contribution in [0.2, 0.25) is 0 Å². The standard InChI is InChI=1S/C28H45N5O2S/c1-21(2)22-8-10-23(11-9-22)32-17-12-24(13-18-32)33-27(19-30-36(3,34)35)26(20-31-15-4-5-16-31)25-7-6-14-29-28(25)33/h6-7,14,21-24,30H,4-5,8-13,15-20H2,1-3H3/t22-,23+. The zero-order valence-electron chi connectivity index (χ0n) is 22.5. The van der Waals surface area contributed by atoms with Crippen molar-refractivity contribution in [2.45, 2.75) is 90.4 Å². The number of piperidine rings is 1. The van der Waals surface area contributed by atoms with Crippen LogP contribution in [0.15, 0.2) is 18.3 Å². The van der Waals surface area contributed by atoms with Gasteiger partial charge in [0.05, 0.1) is 12.8 Å². The molecule has 1 aliphatic carbocycles. The number of nitrogens with one attached hydrogen (secondary N) is 1. The smallest absolute Gasteiger partial charge is 0.209 e. The summed E-state index contributed by atoms with van der Waals surface area (Å²) in [5.74, 6) is 1.70. The third-order valence-electron chi connectivity index (χ3n) is 9.13. The highest BCUT2D eigenvalue weighted by molar-refractivity contribution is 7.88. The van der Waals surface area contributed by atoms with Gasteiger partial charge in [0, 0.05) is 49.0 Å². The van der Waals surface area contributed by atoms with Gasteiger partial charge in [-0.3, -0.25) is 4.90 Å². The first kappa shape index (κ1) is 26.1. The number of nitrogens with zero attached hydrogens (tertiary/aromatic N) is 4. The maximum atomic E-state index is 12.1. The van der Waals surface area contributed by atoms with Gasteiger partial charge in [0.25, 0.3) is 0 Å². The van der Waals surface area contributed by atoms with E-state index in [1.165, 1.54) is 55.7 Å². The lowest BCUT2D eigenvalue weighted by atomic mass is 9.79. The van der Waals surface area contributed by atoms with Crippen LogP contribution in [-0.2, 0) is 23.1 Å². The van der Waals surface area contributed by atoms with Crippen molar-refractivity contribution in [3.8, 4) is 0 Å². The lowest BCUT2D eigenvalue weighted by molar-refractivity contribution is 0.0888. The van der Waals surface area contributed by atoms with Crippen molar-refractivity contribution in [1.82, 2.24) is 24.1 Å². The van der Waals surface area contributed by atoms with Crippen molar-refractivity contribution in [2.24, 2.45) is 11.8 Å². The topological polar surface area (TPSA) is 70.5 Å². The minimum absolute atomic E-state index is 0.331. The van der Waals surface area contributed by atoms with Gasteiger partial charge in [-0.15, -0.1) is 0 Å². The molecule has 2 aromatic heterocycles. The molecular formula is C28H45N5O2S. The van der Waals surface area contributed by atoms with Crippen LogP contribution in [0, 0.1) is 11.8 Å². The highest BCUT2D eigenvalue weighted by atomic mass is 32.2. The molecule has 200 valence electrons. The molecule has 0 unspecified atom stereocenters. The van der Waals surface area contributed by atoms with Gasteiger partial charge in [-0.1, -0.05) is 13.8 Å². The summed E-state index contributed by atoms with van der Waals surface area (Å²) < 4.78 is 29.4. The van der Waals surface area contributed by atoms with Crippen molar-refractivity contribution in [2.75, 3.05) is 32.4 Å². The number of rotatable bonds is 8. The first-order chi connectivity index (χ1) is 17.3. The van der Waals surface area contributed by atoms with Crippen LogP contribution >= 0.6 is 0 Å². The molecular weight excluding hydrogens is 470 g/mol. The van der Waals surface area contributed by atoms with Gasteiger partial charge in [0.15, 0.2) is 0 Å². The van der Waals surface area contributed by atoms with Gasteiger partial charge in [0.2, 0.25) is 10.0 Å². The maximum absolute atomic E-state index is 12.1.